The fraction of sp³-hybridized carbons (Fsp3) is 0.865. The summed E-state index contributed by atoms with van der Waals surface area (Å²) in [5.41, 5.74) is 3.68. The Kier molecular flexibility index (Phi) is 11.9. The van der Waals surface area contributed by atoms with Crippen LogP contribution < -0.4 is 0 Å². The molecule has 3 rings (SSSR count). The molecule has 3 fully saturated rings. The van der Waals surface area contributed by atoms with Gasteiger partial charge in [-0.3, -0.25) is 0 Å². The molecule has 0 unspecified atom stereocenters. The highest BCUT2D eigenvalue weighted by Crippen LogP contribution is 2.60. The maximum absolute atomic E-state index is 10.8. The zero-order chi connectivity index (χ0) is 31.6. The van der Waals surface area contributed by atoms with Crippen molar-refractivity contribution in [3.63, 3.8) is 0 Å². The third-order valence-electron chi connectivity index (χ3n) is 12.5. The van der Waals surface area contributed by atoms with Crippen molar-refractivity contribution in [3.05, 3.63) is 23.3 Å². The van der Waals surface area contributed by atoms with Crippen LogP contribution in [0, 0.1) is 23.2 Å². The SMILES string of the molecule is C[C@H](CCCCC=O)[C@H]1CC[C@H]2C(=CC=C3C[C@@H](O[Si](C)(C)C(C)(C)C)C[C@H](O[Si](C)(C)C(C)(C)C)C3)CCC[C@]12C. The predicted molar refractivity (Wildman–Crippen MR) is 186 cm³/mol. The standard InChI is InChI=1S/C37H68O3Si2/c1-28(17-14-13-15-24-38)33-21-22-34-30(18-16-23-37(33,34)8)20-19-29-25-31(39-41(9,10)35(2,3)4)27-32(26-29)40-42(11,12)36(5,6)7/h19-20,24,28,31-34H,13-18,21-23,25-27H2,1-12H3/t28-,31-,32-,33-,34+,37-/m1/s1. The Morgan fingerprint density at radius 2 is 1.48 bits per heavy atom. The van der Waals surface area contributed by atoms with Gasteiger partial charge in [0.1, 0.15) is 6.29 Å². The van der Waals surface area contributed by atoms with E-state index < -0.39 is 16.6 Å². The second-order valence-corrected chi connectivity index (χ2v) is 27.2. The topological polar surface area (TPSA) is 35.5 Å². The summed E-state index contributed by atoms with van der Waals surface area (Å²) in [6.07, 6.45) is 20.7. The minimum atomic E-state index is -1.87. The van der Waals surface area contributed by atoms with Crippen LogP contribution in [0.2, 0.25) is 36.3 Å². The maximum atomic E-state index is 10.8. The largest absolute Gasteiger partial charge is 0.414 e. The highest BCUT2D eigenvalue weighted by atomic mass is 28.4. The molecule has 42 heavy (non-hydrogen) atoms. The molecule has 3 aliphatic rings. The molecular formula is C37H68O3Si2. The van der Waals surface area contributed by atoms with Gasteiger partial charge >= 0.3 is 0 Å². The maximum Gasteiger partial charge on any atom is 0.192 e. The van der Waals surface area contributed by atoms with Gasteiger partial charge in [0.05, 0.1) is 12.2 Å². The van der Waals surface area contributed by atoms with Gasteiger partial charge in [-0.1, -0.05) is 91.5 Å². The lowest BCUT2D eigenvalue weighted by atomic mass is 9.60. The quantitative estimate of drug-likeness (QED) is 0.132. The molecule has 0 radical (unpaired) electrons. The highest BCUT2D eigenvalue weighted by molar-refractivity contribution is 6.74. The van der Waals surface area contributed by atoms with Gasteiger partial charge in [-0.2, -0.15) is 0 Å². The molecule has 3 saturated carbocycles. The summed E-state index contributed by atoms with van der Waals surface area (Å²) in [6, 6.07) is 0. The summed E-state index contributed by atoms with van der Waals surface area (Å²) in [7, 11) is -3.73. The van der Waals surface area contributed by atoms with Crippen molar-refractivity contribution in [1.82, 2.24) is 0 Å². The van der Waals surface area contributed by atoms with Crippen molar-refractivity contribution in [2.24, 2.45) is 23.2 Å². The van der Waals surface area contributed by atoms with E-state index in [4.69, 9.17) is 8.85 Å². The fourth-order valence-corrected chi connectivity index (χ4v) is 10.7. The molecule has 0 aromatic rings. The van der Waals surface area contributed by atoms with E-state index in [9.17, 15) is 4.79 Å². The summed E-state index contributed by atoms with van der Waals surface area (Å²) in [5.74, 6) is 2.30. The Labute approximate surface area is 263 Å². The van der Waals surface area contributed by atoms with Crippen LogP contribution in [-0.4, -0.2) is 35.1 Å². The number of allylic oxidation sites excluding steroid dienone is 3. The van der Waals surface area contributed by atoms with Gasteiger partial charge in [0.15, 0.2) is 16.6 Å². The average Bonchev–Trinajstić information content (AvgIpc) is 3.21. The highest BCUT2D eigenvalue weighted by Gasteiger charge is 2.50. The fourth-order valence-electron chi connectivity index (χ4n) is 7.96. The molecule has 0 heterocycles. The van der Waals surface area contributed by atoms with Gasteiger partial charge in [0, 0.05) is 6.42 Å². The minimum Gasteiger partial charge on any atom is -0.414 e. The minimum absolute atomic E-state index is 0.212. The molecule has 0 N–H and O–H groups in total. The van der Waals surface area contributed by atoms with E-state index in [1.165, 1.54) is 50.5 Å². The van der Waals surface area contributed by atoms with Gasteiger partial charge in [-0.15, -0.1) is 0 Å². The molecule has 3 nitrogen and oxygen atoms in total. The summed E-state index contributed by atoms with van der Waals surface area (Å²) >= 11 is 0. The second-order valence-electron chi connectivity index (χ2n) is 17.7. The van der Waals surface area contributed by atoms with Crippen LogP contribution in [0.15, 0.2) is 23.3 Å². The molecule has 0 amide bonds. The van der Waals surface area contributed by atoms with E-state index in [1.807, 2.05) is 0 Å². The van der Waals surface area contributed by atoms with Crippen LogP contribution in [0.4, 0.5) is 0 Å². The Bertz CT molecular complexity index is 928. The van der Waals surface area contributed by atoms with E-state index in [2.05, 4.69) is 93.7 Å². The van der Waals surface area contributed by atoms with Crippen LogP contribution in [-0.2, 0) is 13.6 Å². The number of hydrogen-bond donors (Lipinski definition) is 0. The van der Waals surface area contributed by atoms with Crippen LogP contribution >= 0.6 is 0 Å². The molecule has 6 atom stereocenters. The van der Waals surface area contributed by atoms with Crippen molar-refractivity contribution in [3.8, 4) is 0 Å². The Morgan fingerprint density at radius 1 is 0.905 bits per heavy atom. The normalized spacial score (nSPS) is 31.2. The molecule has 242 valence electrons. The molecule has 0 bridgehead atoms. The Morgan fingerprint density at radius 3 is 2.00 bits per heavy atom. The van der Waals surface area contributed by atoms with E-state index in [0.717, 1.165) is 56.1 Å². The number of rotatable bonds is 11. The Hall–Kier alpha value is -0.496. The second kappa shape index (κ2) is 13.9. The van der Waals surface area contributed by atoms with Crippen LogP contribution in [0.3, 0.4) is 0 Å². The summed E-state index contributed by atoms with van der Waals surface area (Å²) in [5, 5.41) is 0.423. The molecule has 0 spiro atoms. The average molecular weight is 617 g/mol. The van der Waals surface area contributed by atoms with Crippen molar-refractivity contribution in [2.45, 2.75) is 181 Å². The monoisotopic (exact) mass is 616 g/mol. The Balaban J connectivity index is 1.81. The summed E-state index contributed by atoms with van der Waals surface area (Å²) in [4.78, 5) is 10.8. The van der Waals surface area contributed by atoms with E-state index in [-0.39, 0.29) is 22.3 Å². The zero-order valence-corrected chi connectivity index (χ0v) is 31.8. The third kappa shape index (κ3) is 8.60. The number of unbranched alkanes of at least 4 members (excludes halogenated alkanes) is 2. The molecular weight excluding hydrogens is 549 g/mol. The molecule has 0 aromatic heterocycles. The predicted octanol–water partition coefficient (Wildman–Crippen LogP) is 11.4. The van der Waals surface area contributed by atoms with Gasteiger partial charge in [0.25, 0.3) is 0 Å². The molecule has 0 aromatic carbocycles. The van der Waals surface area contributed by atoms with Crippen LogP contribution in [0.1, 0.15) is 132 Å². The number of aldehydes is 1. The number of fused-ring (bicyclic) bond motifs is 1. The lowest BCUT2D eigenvalue weighted by Crippen LogP contribution is -2.48. The smallest absolute Gasteiger partial charge is 0.192 e. The van der Waals surface area contributed by atoms with Gasteiger partial charge in [-0.25, -0.2) is 0 Å². The first-order valence-electron chi connectivity index (χ1n) is 17.5. The van der Waals surface area contributed by atoms with Crippen LogP contribution in [0.5, 0.6) is 0 Å². The van der Waals surface area contributed by atoms with Crippen molar-refractivity contribution >= 4 is 22.9 Å². The number of carbonyl (C=O) groups is 1. The first-order chi connectivity index (χ1) is 19.3. The van der Waals surface area contributed by atoms with Crippen molar-refractivity contribution in [2.75, 3.05) is 0 Å². The van der Waals surface area contributed by atoms with Crippen molar-refractivity contribution < 1.29 is 13.6 Å². The van der Waals surface area contributed by atoms with Gasteiger partial charge < -0.3 is 13.6 Å². The third-order valence-corrected chi connectivity index (χ3v) is 21.6. The van der Waals surface area contributed by atoms with E-state index in [0.29, 0.717) is 5.41 Å². The van der Waals surface area contributed by atoms with Gasteiger partial charge in [-0.05, 0) is 117 Å². The van der Waals surface area contributed by atoms with Crippen LogP contribution in [0.25, 0.3) is 0 Å². The number of hydrogen-bond acceptors (Lipinski definition) is 3. The van der Waals surface area contributed by atoms with Crippen molar-refractivity contribution in [1.29, 1.82) is 0 Å². The first kappa shape index (κ1) is 36.0. The molecule has 0 saturated heterocycles. The van der Waals surface area contributed by atoms with E-state index >= 15 is 0 Å². The molecule has 0 aliphatic heterocycles. The lowest BCUT2D eigenvalue weighted by molar-refractivity contribution is -0.107. The summed E-state index contributed by atoms with van der Waals surface area (Å²) < 4.78 is 14.1. The lowest BCUT2D eigenvalue weighted by Gasteiger charge is -2.45. The molecule has 3 aliphatic carbocycles. The summed E-state index contributed by atoms with van der Waals surface area (Å²) in [6.45, 7) is 28.8. The molecule has 5 heteroatoms. The zero-order valence-electron chi connectivity index (χ0n) is 29.8. The van der Waals surface area contributed by atoms with Gasteiger partial charge in [0.2, 0.25) is 0 Å². The first-order valence-corrected chi connectivity index (χ1v) is 23.3. The number of carbonyl (C=O) groups excluding carboxylic acids is 1. The van der Waals surface area contributed by atoms with E-state index in [1.54, 1.807) is 5.57 Å².